The molecule has 1 N–H and O–H groups in total. The number of benzene rings is 1. The van der Waals surface area contributed by atoms with E-state index in [1.165, 1.54) is 31.4 Å². The molecule has 2 aliphatic rings. The molecule has 1 aliphatic carbocycles. The average Bonchev–Trinajstić information content (AvgIpc) is 3.08. The van der Waals surface area contributed by atoms with Gasteiger partial charge in [-0.15, -0.1) is 0 Å². The molecule has 3 nitrogen and oxygen atoms in total. The molecule has 1 aromatic carbocycles. The Hall–Kier alpha value is -1.06. The SMILES string of the molecule is CC(C)NCc1cccc(OCCN2CC3CCC2C3)c1. The Morgan fingerprint density at radius 2 is 2.24 bits per heavy atom. The van der Waals surface area contributed by atoms with Gasteiger partial charge in [0.15, 0.2) is 0 Å². The summed E-state index contributed by atoms with van der Waals surface area (Å²) in [6.07, 6.45) is 4.28. The van der Waals surface area contributed by atoms with Crippen LogP contribution >= 0.6 is 0 Å². The summed E-state index contributed by atoms with van der Waals surface area (Å²) in [6.45, 7) is 8.44. The third kappa shape index (κ3) is 3.98. The molecule has 0 spiro atoms. The smallest absolute Gasteiger partial charge is 0.119 e. The number of nitrogens with one attached hydrogen (secondary N) is 1. The monoisotopic (exact) mass is 288 g/mol. The maximum atomic E-state index is 5.95. The maximum Gasteiger partial charge on any atom is 0.119 e. The van der Waals surface area contributed by atoms with Crippen molar-refractivity contribution in [1.29, 1.82) is 0 Å². The predicted octanol–water partition coefficient (Wildman–Crippen LogP) is 3.05. The van der Waals surface area contributed by atoms with Crippen molar-refractivity contribution in [3.05, 3.63) is 29.8 Å². The van der Waals surface area contributed by atoms with E-state index in [2.05, 4.69) is 48.3 Å². The van der Waals surface area contributed by atoms with Crippen molar-refractivity contribution in [3.63, 3.8) is 0 Å². The van der Waals surface area contributed by atoms with Crippen molar-refractivity contribution in [3.8, 4) is 5.75 Å². The van der Waals surface area contributed by atoms with Crippen molar-refractivity contribution in [2.75, 3.05) is 19.7 Å². The molecule has 2 bridgehead atoms. The highest BCUT2D eigenvalue weighted by atomic mass is 16.5. The summed E-state index contributed by atoms with van der Waals surface area (Å²) < 4.78 is 5.95. The zero-order valence-corrected chi connectivity index (χ0v) is 13.3. The summed E-state index contributed by atoms with van der Waals surface area (Å²) in [5.41, 5.74) is 1.29. The van der Waals surface area contributed by atoms with E-state index in [0.717, 1.165) is 37.4 Å². The Labute approximate surface area is 128 Å². The topological polar surface area (TPSA) is 24.5 Å². The van der Waals surface area contributed by atoms with Gasteiger partial charge in [-0.25, -0.2) is 0 Å². The zero-order chi connectivity index (χ0) is 14.7. The van der Waals surface area contributed by atoms with Crippen molar-refractivity contribution in [1.82, 2.24) is 10.2 Å². The van der Waals surface area contributed by atoms with Crippen LogP contribution in [0.1, 0.15) is 38.7 Å². The number of fused-ring (bicyclic) bond motifs is 2. The number of rotatable bonds is 7. The lowest BCUT2D eigenvalue weighted by Crippen LogP contribution is -2.35. The Morgan fingerprint density at radius 3 is 2.95 bits per heavy atom. The molecule has 2 fully saturated rings. The molecule has 1 aliphatic heterocycles. The van der Waals surface area contributed by atoms with E-state index >= 15 is 0 Å². The van der Waals surface area contributed by atoms with Crippen LogP contribution in [0.3, 0.4) is 0 Å². The number of nitrogens with zero attached hydrogens (tertiary/aromatic N) is 1. The number of ether oxygens (including phenoxy) is 1. The molecule has 3 rings (SSSR count). The van der Waals surface area contributed by atoms with Crippen LogP contribution in [0.4, 0.5) is 0 Å². The molecular weight excluding hydrogens is 260 g/mol. The summed E-state index contributed by atoms with van der Waals surface area (Å²) in [6, 6.07) is 9.83. The van der Waals surface area contributed by atoms with Gasteiger partial charge in [0.25, 0.3) is 0 Å². The Bertz CT molecular complexity index is 460. The number of likely N-dealkylation sites (tertiary alicyclic amines) is 1. The quantitative estimate of drug-likeness (QED) is 0.834. The lowest BCUT2D eigenvalue weighted by molar-refractivity contribution is 0.172. The zero-order valence-electron chi connectivity index (χ0n) is 13.3. The highest BCUT2D eigenvalue weighted by molar-refractivity contribution is 5.28. The van der Waals surface area contributed by atoms with Crippen LogP contribution in [0.15, 0.2) is 24.3 Å². The summed E-state index contributed by atoms with van der Waals surface area (Å²) in [5, 5.41) is 3.44. The standard InChI is InChI=1S/C18H28N2O/c1-14(2)19-12-15-4-3-5-18(11-15)21-9-8-20-13-16-6-7-17(20)10-16/h3-5,11,14,16-17,19H,6-10,12-13H2,1-2H3. The second-order valence-corrected chi connectivity index (χ2v) is 6.86. The molecule has 1 saturated carbocycles. The molecule has 0 radical (unpaired) electrons. The first-order valence-electron chi connectivity index (χ1n) is 8.40. The predicted molar refractivity (Wildman–Crippen MR) is 86.6 cm³/mol. The molecule has 1 heterocycles. The minimum atomic E-state index is 0.514. The Kier molecular flexibility index (Phi) is 4.81. The number of piperidine rings is 1. The second kappa shape index (κ2) is 6.80. The first-order chi connectivity index (χ1) is 10.2. The van der Waals surface area contributed by atoms with Crippen molar-refractivity contribution in [2.45, 2.75) is 51.7 Å². The third-order valence-electron chi connectivity index (χ3n) is 4.78. The van der Waals surface area contributed by atoms with E-state index in [1.54, 1.807) is 0 Å². The van der Waals surface area contributed by atoms with Gasteiger partial charge in [-0.3, -0.25) is 4.90 Å². The van der Waals surface area contributed by atoms with Crippen LogP contribution in [0.2, 0.25) is 0 Å². The van der Waals surface area contributed by atoms with Crippen molar-refractivity contribution < 1.29 is 4.74 Å². The van der Waals surface area contributed by atoms with Crippen molar-refractivity contribution >= 4 is 0 Å². The first-order valence-corrected chi connectivity index (χ1v) is 8.40. The van der Waals surface area contributed by atoms with Gasteiger partial charge < -0.3 is 10.1 Å². The molecule has 21 heavy (non-hydrogen) atoms. The molecule has 2 atom stereocenters. The third-order valence-corrected chi connectivity index (χ3v) is 4.78. The fourth-order valence-corrected chi connectivity index (χ4v) is 3.65. The van der Waals surface area contributed by atoms with Crippen LogP contribution in [-0.4, -0.2) is 36.7 Å². The van der Waals surface area contributed by atoms with E-state index in [1.807, 2.05) is 0 Å². The Morgan fingerprint density at radius 1 is 1.33 bits per heavy atom. The largest absolute Gasteiger partial charge is 0.492 e. The molecule has 0 amide bonds. The lowest BCUT2D eigenvalue weighted by atomic mass is 10.1. The maximum absolute atomic E-state index is 5.95. The summed E-state index contributed by atoms with van der Waals surface area (Å²) in [5.74, 6) is 1.97. The van der Waals surface area contributed by atoms with E-state index in [0.29, 0.717) is 6.04 Å². The minimum absolute atomic E-state index is 0.514. The van der Waals surface area contributed by atoms with Crippen LogP contribution in [0.5, 0.6) is 5.75 Å². The van der Waals surface area contributed by atoms with Gasteiger partial charge in [0, 0.05) is 31.7 Å². The molecular formula is C18H28N2O. The Balaban J connectivity index is 1.43. The van der Waals surface area contributed by atoms with E-state index in [9.17, 15) is 0 Å². The van der Waals surface area contributed by atoms with Gasteiger partial charge in [-0.2, -0.15) is 0 Å². The van der Waals surface area contributed by atoms with Crippen LogP contribution in [0.25, 0.3) is 0 Å². The molecule has 1 saturated heterocycles. The molecule has 1 aromatic rings. The number of hydrogen-bond donors (Lipinski definition) is 1. The van der Waals surface area contributed by atoms with Crippen LogP contribution in [-0.2, 0) is 6.54 Å². The van der Waals surface area contributed by atoms with E-state index in [-0.39, 0.29) is 0 Å². The highest BCUT2D eigenvalue weighted by Crippen LogP contribution is 2.36. The summed E-state index contributed by atoms with van der Waals surface area (Å²) >= 11 is 0. The molecule has 3 heteroatoms. The highest BCUT2D eigenvalue weighted by Gasteiger charge is 2.37. The van der Waals surface area contributed by atoms with E-state index < -0.39 is 0 Å². The van der Waals surface area contributed by atoms with Gasteiger partial charge in [-0.05, 0) is 42.9 Å². The van der Waals surface area contributed by atoms with Crippen LogP contribution in [0, 0.1) is 5.92 Å². The van der Waals surface area contributed by atoms with E-state index in [4.69, 9.17) is 4.74 Å². The van der Waals surface area contributed by atoms with Crippen LogP contribution < -0.4 is 10.1 Å². The molecule has 116 valence electrons. The second-order valence-electron chi connectivity index (χ2n) is 6.86. The van der Waals surface area contributed by atoms with Gasteiger partial charge >= 0.3 is 0 Å². The molecule has 0 aromatic heterocycles. The van der Waals surface area contributed by atoms with Gasteiger partial charge in [-0.1, -0.05) is 26.0 Å². The number of hydrogen-bond acceptors (Lipinski definition) is 3. The first kappa shape index (κ1) is 14.9. The lowest BCUT2D eigenvalue weighted by Gasteiger charge is -2.26. The fourth-order valence-electron chi connectivity index (χ4n) is 3.65. The average molecular weight is 288 g/mol. The molecule has 2 unspecified atom stereocenters. The normalized spacial score (nSPS) is 24.9. The van der Waals surface area contributed by atoms with Crippen molar-refractivity contribution in [2.24, 2.45) is 5.92 Å². The summed E-state index contributed by atoms with van der Waals surface area (Å²) in [4.78, 5) is 2.62. The van der Waals surface area contributed by atoms with Gasteiger partial charge in [0.1, 0.15) is 12.4 Å². The summed E-state index contributed by atoms with van der Waals surface area (Å²) in [7, 11) is 0. The van der Waals surface area contributed by atoms with Gasteiger partial charge in [0.05, 0.1) is 0 Å². The fraction of sp³-hybridized carbons (Fsp3) is 0.667. The minimum Gasteiger partial charge on any atom is -0.492 e. The van der Waals surface area contributed by atoms with Gasteiger partial charge in [0.2, 0.25) is 0 Å².